The van der Waals surface area contributed by atoms with Crippen molar-refractivity contribution in [2.24, 2.45) is 0 Å². The number of rotatable bonds is 8. The molecule has 30 heavy (non-hydrogen) atoms. The molecular weight excluding hydrogens is 380 g/mol. The van der Waals surface area contributed by atoms with Crippen molar-refractivity contribution in [3.63, 3.8) is 0 Å². The molecule has 1 spiro atoms. The van der Waals surface area contributed by atoms with Crippen LogP contribution >= 0.6 is 0 Å². The molecule has 1 aliphatic heterocycles. The third kappa shape index (κ3) is 4.18. The highest BCUT2D eigenvalue weighted by molar-refractivity contribution is 5.85. The molecule has 3 amide bonds. The summed E-state index contributed by atoms with van der Waals surface area (Å²) in [4.78, 5) is 31.3. The van der Waals surface area contributed by atoms with Gasteiger partial charge in [0, 0.05) is 39.4 Å². The number of amides is 3. The van der Waals surface area contributed by atoms with E-state index in [1.165, 1.54) is 5.56 Å². The number of likely N-dealkylation sites (N-methyl/N-ethyl adjacent to an activating group) is 1. The number of carbonyl (C=O) groups excluding carboxylic acids is 2. The molecule has 0 radical (unpaired) electrons. The summed E-state index contributed by atoms with van der Waals surface area (Å²) in [5, 5.41) is 2.64. The number of nitrogens with one attached hydrogen (secondary N) is 1. The van der Waals surface area contributed by atoms with Crippen LogP contribution in [0.2, 0.25) is 0 Å². The Bertz CT molecular complexity index is 729. The van der Waals surface area contributed by atoms with Crippen LogP contribution in [0.25, 0.3) is 0 Å². The van der Waals surface area contributed by atoms with Gasteiger partial charge in [-0.05, 0) is 51.8 Å². The molecule has 0 unspecified atom stereocenters. The van der Waals surface area contributed by atoms with Crippen molar-refractivity contribution < 1.29 is 14.3 Å². The Balaban J connectivity index is 1.83. The first-order valence-corrected chi connectivity index (χ1v) is 10.9. The Morgan fingerprint density at radius 1 is 1.17 bits per heavy atom. The van der Waals surface area contributed by atoms with E-state index in [1.54, 1.807) is 19.1 Å². The van der Waals surface area contributed by atoms with Gasteiger partial charge in [-0.1, -0.05) is 30.3 Å². The molecule has 0 atom stereocenters. The number of nitrogens with zero attached hydrogens (tertiary/aromatic N) is 3. The zero-order valence-corrected chi connectivity index (χ0v) is 18.8. The van der Waals surface area contributed by atoms with Crippen molar-refractivity contribution >= 4 is 11.9 Å². The number of hydrogen-bond donors (Lipinski definition) is 1. The molecule has 1 aromatic carbocycles. The fraction of sp³-hybridized carbons (Fsp3) is 0.652. The van der Waals surface area contributed by atoms with Crippen LogP contribution in [0.4, 0.5) is 4.79 Å². The van der Waals surface area contributed by atoms with E-state index in [0.29, 0.717) is 19.7 Å². The van der Waals surface area contributed by atoms with Crippen LogP contribution in [-0.2, 0) is 15.1 Å². The van der Waals surface area contributed by atoms with E-state index in [1.807, 2.05) is 4.90 Å². The fourth-order valence-corrected chi connectivity index (χ4v) is 5.26. The second kappa shape index (κ2) is 9.35. The molecular formula is C23H36N4O3. The maximum absolute atomic E-state index is 13.2. The van der Waals surface area contributed by atoms with Crippen molar-refractivity contribution in [2.45, 2.75) is 43.2 Å². The zero-order chi connectivity index (χ0) is 21.8. The third-order valence-electron chi connectivity index (χ3n) is 7.08. The summed E-state index contributed by atoms with van der Waals surface area (Å²) in [7, 11) is 7.60. The van der Waals surface area contributed by atoms with E-state index in [4.69, 9.17) is 4.74 Å². The van der Waals surface area contributed by atoms with Crippen LogP contribution in [0.5, 0.6) is 0 Å². The molecule has 7 heteroatoms. The summed E-state index contributed by atoms with van der Waals surface area (Å²) in [5.74, 6) is -0.125. The monoisotopic (exact) mass is 416 g/mol. The van der Waals surface area contributed by atoms with Gasteiger partial charge in [0.25, 0.3) is 0 Å². The van der Waals surface area contributed by atoms with Gasteiger partial charge in [0.2, 0.25) is 5.91 Å². The zero-order valence-electron chi connectivity index (χ0n) is 18.8. The highest BCUT2D eigenvalue weighted by Gasteiger charge is 2.54. The van der Waals surface area contributed by atoms with Crippen LogP contribution in [0.1, 0.15) is 37.7 Å². The molecule has 166 valence electrons. The molecule has 3 rings (SSSR count). The normalized spacial score (nSPS) is 26.6. The summed E-state index contributed by atoms with van der Waals surface area (Å²) >= 11 is 0. The molecule has 0 aromatic heterocycles. The molecule has 1 saturated carbocycles. The van der Waals surface area contributed by atoms with Crippen LogP contribution in [-0.4, -0.2) is 86.7 Å². The standard InChI is InChI=1S/C23H36N4O3/c1-24-20(28)17-26-18-22(27(21(26)29)15-8-16-30-4)11-13-23(14-12-22,25(2)3)19-9-6-5-7-10-19/h5-7,9-10H,8,11-18H2,1-4H3,(H,24,28)/t22-,23-. The minimum atomic E-state index is -0.215. The van der Waals surface area contributed by atoms with Gasteiger partial charge in [0.1, 0.15) is 6.54 Å². The van der Waals surface area contributed by atoms with Crippen LogP contribution in [0, 0.1) is 0 Å². The van der Waals surface area contributed by atoms with E-state index in [2.05, 4.69) is 54.6 Å². The number of ether oxygens (including phenoxy) is 1. The first kappa shape index (κ1) is 22.6. The Kier molecular flexibility index (Phi) is 7.03. The number of urea groups is 1. The lowest BCUT2D eigenvalue weighted by Gasteiger charge is -2.51. The Labute approximate surface area is 180 Å². The molecule has 1 aromatic rings. The SMILES string of the molecule is CNC(=O)CN1C[C@]2(CC[C@@](c3ccccc3)(N(C)C)CC2)N(CCCOC)C1=O. The molecule has 1 saturated heterocycles. The summed E-state index contributed by atoms with van der Waals surface area (Å²) < 4.78 is 5.22. The van der Waals surface area contributed by atoms with Crippen molar-refractivity contribution in [3.05, 3.63) is 35.9 Å². The van der Waals surface area contributed by atoms with Crippen molar-refractivity contribution in [2.75, 3.05) is 54.5 Å². The topological polar surface area (TPSA) is 65.1 Å². The Morgan fingerprint density at radius 2 is 1.83 bits per heavy atom. The highest BCUT2D eigenvalue weighted by atomic mass is 16.5. The highest BCUT2D eigenvalue weighted by Crippen LogP contribution is 2.48. The lowest BCUT2D eigenvalue weighted by molar-refractivity contribution is -0.121. The smallest absolute Gasteiger partial charge is 0.321 e. The van der Waals surface area contributed by atoms with E-state index in [-0.39, 0.29) is 29.6 Å². The number of carbonyl (C=O) groups is 2. The largest absolute Gasteiger partial charge is 0.385 e. The van der Waals surface area contributed by atoms with E-state index >= 15 is 0 Å². The predicted molar refractivity (Wildman–Crippen MR) is 117 cm³/mol. The molecule has 2 aliphatic rings. The Hall–Kier alpha value is -2.12. The van der Waals surface area contributed by atoms with E-state index in [0.717, 1.165) is 32.1 Å². The van der Waals surface area contributed by atoms with Gasteiger partial charge in [0.15, 0.2) is 0 Å². The number of methoxy groups -OCH3 is 1. The van der Waals surface area contributed by atoms with Gasteiger partial charge in [-0.25, -0.2) is 4.79 Å². The maximum Gasteiger partial charge on any atom is 0.321 e. The lowest BCUT2D eigenvalue weighted by atomic mass is 9.68. The Morgan fingerprint density at radius 3 is 2.40 bits per heavy atom. The number of hydrogen-bond acceptors (Lipinski definition) is 4. The van der Waals surface area contributed by atoms with Gasteiger partial charge in [-0.3, -0.25) is 9.69 Å². The summed E-state index contributed by atoms with van der Waals surface area (Å²) in [6, 6.07) is 10.7. The first-order valence-electron chi connectivity index (χ1n) is 10.9. The van der Waals surface area contributed by atoms with Crippen molar-refractivity contribution in [1.82, 2.24) is 20.0 Å². The molecule has 7 nitrogen and oxygen atoms in total. The molecule has 2 fully saturated rings. The van der Waals surface area contributed by atoms with Gasteiger partial charge in [0.05, 0.1) is 5.54 Å². The molecule has 1 aliphatic carbocycles. The van der Waals surface area contributed by atoms with E-state index in [9.17, 15) is 9.59 Å². The average Bonchev–Trinajstić information content (AvgIpc) is 3.00. The number of benzene rings is 1. The minimum absolute atomic E-state index is 0.0215. The summed E-state index contributed by atoms with van der Waals surface area (Å²) in [6.07, 6.45) is 4.60. The summed E-state index contributed by atoms with van der Waals surface area (Å²) in [5.41, 5.74) is 1.09. The summed E-state index contributed by atoms with van der Waals surface area (Å²) in [6.45, 7) is 2.03. The van der Waals surface area contributed by atoms with Gasteiger partial charge in [-0.2, -0.15) is 0 Å². The van der Waals surface area contributed by atoms with Crippen LogP contribution < -0.4 is 5.32 Å². The second-order valence-electron chi connectivity index (χ2n) is 8.83. The van der Waals surface area contributed by atoms with Crippen LogP contribution in [0.15, 0.2) is 30.3 Å². The maximum atomic E-state index is 13.2. The van der Waals surface area contributed by atoms with Gasteiger partial charge < -0.3 is 19.9 Å². The first-order chi connectivity index (χ1) is 14.4. The fourth-order valence-electron chi connectivity index (χ4n) is 5.26. The second-order valence-corrected chi connectivity index (χ2v) is 8.83. The van der Waals surface area contributed by atoms with Gasteiger partial charge >= 0.3 is 6.03 Å². The average molecular weight is 417 g/mol. The molecule has 0 bridgehead atoms. The predicted octanol–water partition coefficient (Wildman–Crippen LogP) is 2.28. The lowest BCUT2D eigenvalue weighted by Crippen LogP contribution is -2.55. The molecule has 1 heterocycles. The minimum Gasteiger partial charge on any atom is -0.385 e. The third-order valence-corrected chi connectivity index (χ3v) is 7.08. The molecule has 1 N–H and O–H groups in total. The van der Waals surface area contributed by atoms with Crippen LogP contribution in [0.3, 0.4) is 0 Å². The van der Waals surface area contributed by atoms with Crippen molar-refractivity contribution in [1.29, 1.82) is 0 Å². The van der Waals surface area contributed by atoms with E-state index < -0.39 is 0 Å². The quantitative estimate of drug-likeness (QED) is 0.661. The van der Waals surface area contributed by atoms with Gasteiger partial charge in [-0.15, -0.1) is 0 Å². The van der Waals surface area contributed by atoms with Crippen molar-refractivity contribution in [3.8, 4) is 0 Å².